The van der Waals surface area contributed by atoms with Crippen molar-refractivity contribution >= 4 is 22.7 Å². The van der Waals surface area contributed by atoms with Gasteiger partial charge in [-0.3, -0.25) is 0 Å². The van der Waals surface area contributed by atoms with E-state index in [0.717, 1.165) is 12.1 Å². The summed E-state index contributed by atoms with van der Waals surface area (Å²) < 4.78 is 76.3. The van der Waals surface area contributed by atoms with Gasteiger partial charge in [0.25, 0.3) is 0 Å². The number of alkyl halides is 6. The number of hydrogen-bond donors (Lipinski definition) is 1. The molecule has 3 rings (SSSR count). The zero-order chi connectivity index (χ0) is 21.4. The largest absolute Gasteiger partial charge is 0.545 e. The number of carbonyl (C=O) groups is 1. The summed E-state index contributed by atoms with van der Waals surface area (Å²) in [7, 11) is 0. The van der Waals surface area contributed by atoms with Crippen LogP contribution in [0.2, 0.25) is 0 Å². The van der Waals surface area contributed by atoms with E-state index in [1.165, 1.54) is 30.3 Å². The number of carboxylic acids is 1. The smallest absolute Gasteiger partial charge is 0.405 e. The first-order valence-electron chi connectivity index (χ1n) is 8.11. The van der Waals surface area contributed by atoms with Crippen LogP contribution in [0.1, 0.15) is 10.4 Å². The Morgan fingerprint density at radius 3 is 2.07 bits per heavy atom. The number of benzene rings is 2. The third-order valence-corrected chi connectivity index (χ3v) is 3.96. The number of anilines is 1. The van der Waals surface area contributed by atoms with Crippen molar-refractivity contribution in [1.82, 2.24) is 9.97 Å². The molecule has 11 heteroatoms. The molecule has 0 radical (unpaired) electrons. The molecule has 1 aromatic heterocycles. The van der Waals surface area contributed by atoms with Crippen LogP contribution < -0.4 is 10.0 Å². The first-order chi connectivity index (χ1) is 13.4. The van der Waals surface area contributed by atoms with E-state index in [2.05, 4.69) is 9.97 Å². The molecule has 0 amide bonds. The first-order valence-corrected chi connectivity index (χ1v) is 8.11. The third-order valence-electron chi connectivity index (χ3n) is 3.96. The molecule has 154 valence electrons. The van der Waals surface area contributed by atoms with Gasteiger partial charge in [-0.2, -0.15) is 26.3 Å². The second kappa shape index (κ2) is 7.30. The summed E-state index contributed by atoms with van der Waals surface area (Å²) in [5.41, 5.74) is 0.717. The van der Waals surface area contributed by atoms with Crippen molar-refractivity contribution in [1.29, 1.82) is 0 Å². The minimum absolute atomic E-state index is 0.0536. The van der Waals surface area contributed by atoms with Gasteiger partial charge in [-0.1, -0.05) is 24.3 Å². The van der Waals surface area contributed by atoms with Gasteiger partial charge in [0, 0.05) is 11.3 Å². The van der Waals surface area contributed by atoms with E-state index in [1.54, 1.807) is 0 Å². The fourth-order valence-corrected chi connectivity index (χ4v) is 2.77. The van der Waals surface area contributed by atoms with Crippen LogP contribution in [0.4, 0.5) is 32.0 Å². The molecule has 0 atom stereocenters. The average molecular weight is 416 g/mol. The number of nitrogens with zero attached hydrogens (tertiary/aromatic N) is 2. The highest BCUT2D eigenvalue weighted by Crippen LogP contribution is 2.29. The zero-order valence-corrected chi connectivity index (χ0v) is 14.4. The van der Waals surface area contributed by atoms with E-state index in [9.17, 15) is 36.2 Å². The molecule has 0 bridgehead atoms. The fraction of sp³-hybridized carbons (Fsp3) is 0.222. The Balaban J connectivity index is 1.95. The number of rotatable bonds is 5. The highest BCUT2D eigenvalue weighted by atomic mass is 19.4. The number of H-pyrrole nitrogens is 1. The molecule has 0 unspecified atom stereocenters. The van der Waals surface area contributed by atoms with Crippen molar-refractivity contribution in [3.63, 3.8) is 0 Å². The molecular weight excluding hydrogens is 404 g/mol. The molecule has 0 aliphatic carbocycles. The Hall–Kier alpha value is -3.24. The minimum atomic E-state index is -4.82. The highest BCUT2D eigenvalue weighted by molar-refractivity contribution is 5.87. The Morgan fingerprint density at radius 2 is 1.55 bits per heavy atom. The van der Waals surface area contributed by atoms with Crippen LogP contribution in [-0.2, 0) is 0 Å². The molecule has 0 aliphatic heterocycles. The molecule has 0 spiro atoms. The molecule has 29 heavy (non-hydrogen) atoms. The molecular formula is C18H12F6N3O2-. The van der Waals surface area contributed by atoms with E-state index < -0.39 is 31.4 Å². The summed E-state index contributed by atoms with van der Waals surface area (Å²) in [5, 5.41) is 10.8. The lowest BCUT2D eigenvalue weighted by Gasteiger charge is -2.26. The number of fused-ring (bicyclic) bond motifs is 1. The maximum absolute atomic E-state index is 12.7. The number of carbonyl (C=O) groups excluding carboxylic acids is 1. The van der Waals surface area contributed by atoms with Gasteiger partial charge in [-0.15, -0.1) is 0 Å². The second-order valence-corrected chi connectivity index (χ2v) is 6.24. The van der Waals surface area contributed by atoms with Crippen LogP contribution in [-0.4, -0.2) is 41.4 Å². The van der Waals surface area contributed by atoms with E-state index in [1.807, 2.05) is 0 Å². The lowest BCUT2D eigenvalue weighted by Crippen LogP contribution is -2.40. The van der Waals surface area contributed by atoms with Gasteiger partial charge in [0.1, 0.15) is 18.9 Å². The Morgan fingerprint density at radius 1 is 0.966 bits per heavy atom. The molecule has 2 aromatic carbocycles. The van der Waals surface area contributed by atoms with Crippen molar-refractivity contribution in [2.75, 3.05) is 18.0 Å². The number of aromatic nitrogens is 2. The number of aromatic carboxylic acids is 1. The molecule has 1 N–H and O–H groups in total. The van der Waals surface area contributed by atoms with E-state index in [4.69, 9.17) is 0 Å². The third kappa shape index (κ3) is 5.18. The van der Waals surface area contributed by atoms with Crippen molar-refractivity contribution in [2.45, 2.75) is 12.4 Å². The van der Waals surface area contributed by atoms with Gasteiger partial charge < -0.3 is 19.8 Å². The van der Waals surface area contributed by atoms with Gasteiger partial charge >= 0.3 is 12.4 Å². The van der Waals surface area contributed by atoms with E-state index >= 15 is 0 Å². The standard InChI is InChI=1S/C18H13F6N3O2/c19-17(20,21)8-27(9-18(22,23)24)12-5-6-13-14(7-12)26-15(25-13)10-1-3-11(4-2-10)16(28)29/h1-7H,8-9H2,(H,25,26)(H,28,29)/p-1. The number of nitrogens with one attached hydrogen (secondary N) is 1. The lowest BCUT2D eigenvalue weighted by molar-refractivity contribution is -0.255. The van der Waals surface area contributed by atoms with Gasteiger partial charge in [0.2, 0.25) is 0 Å². The Kier molecular flexibility index (Phi) is 5.16. The normalized spacial score (nSPS) is 12.3. The van der Waals surface area contributed by atoms with Crippen molar-refractivity contribution in [2.24, 2.45) is 0 Å². The average Bonchev–Trinajstić information content (AvgIpc) is 3.02. The van der Waals surface area contributed by atoms with E-state index in [-0.39, 0.29) is 27.5 Å². The molecule has 3 aromatic rings. The first kappa shape index (κ1) is 20.5. The van der Waals surface area contributed by atoms with Crippen LogP contribution in [0.3, 0.4) is 0 Å². The van der Waals surface area contributed by atoms with Gasteiger partial charge in [0.15, 0.2) is 0 Å². The molecule has 0 saturated heterocycles. The minimum Gasteiger partial charge on any atom is -0.545 e. The predicted octanol–water partition coefficient (Wildman–Crippen LogP) is 3.52. The quantitative estimate of drug-likeness (QED) is 0.646. The molecule has 1 heterocycles. The number of hydrogen-bond acceptors (Lipinski definition) is 4. The van der Waals surface area contributed by atoms with Gasteiger partial charge in [-0.25, -0.2) is 4.98 Å². The monoisotopic (exact) mass is 416 g/mol. The van der Waals surface area contributed by atoms with E-state index in [0.29, 0.717) is 11.1 Å². The summed E-state index contributed by atoms with van der Waals surface area (Å²) in [5.74, 6) is -1.08. The highest BCUT2D eigenvalue weighted by Gasteiger charge is 2.37. The molecule has 5 nitrogen and oxygen atoms in total. The summed E-state index contributed by atoms with van der Waals surface area (Å²) in [4.78, 5) is 18.0. The van der Waals surface area contributed by atoms with Crippen LogP contribution in [0.25, 0.3) is 22.4 Å². The van der Waals surface area contributed by atoms with Crippen LogP contribution in [0.5, 0.6) is 0 Å². The molecule has 0 saturated carbocycles. The van der Waals surface area contributed by atoms with Crippen molar-refractivity contribution in [3.05, 3.63) is 48.0 Å². The SMILES string of the molecule is O=C([O-])c1ccc(-c2nc3ccc(N(CC(F)(F)F)CC(F)(F)F)cc3[nH]2)cc1. The zero-order valence-electron chi connectivity index (χ0n) is 14.4. The molecule has 0 fully saturated rings. The van der Waals surface area contributed by atoms with Crippen LogP contribution in [0.15, 0.2) is 42.5 Å². The van der Waals surface area contributed by atoms with Gasteiger partial charge in [0.05, 0.1) is 17.0 Å². The summed E-state index contributed by atoms with van der Waals surface area (Å²) in [6.07, 6.45) is -9.64. The second-order valence-electron chi connectivity index (χ2n) is 6.24. The Labute approximate surface area is 159 Å². The van der Waals surface area contributed by atoms with Crippen molar-refractivity contribution in [3.8, 4) is 11.4 Å². The fourth-order valence-electron chi connectivity index (χ4n) is 2.77. The van der Waals surface area contributed by atoms with Crippen LogP contribution in [0, 0.1) is 0 Å². The maximum Gasteiger partial charge on any atom is 0.405 e. The molecule has 0 aliphatic rings. The topological polar surface area (TPSA) is 72.0 Å². The van der Waals surface area contributed by atoms with Crippen molar-refractivity contribution < 1.29 is 36.2 Å². The predicted molar refractivity (Wildman–Crippen MR) is 90.2 cm³/mol. The number of imidazole rings is 1. The summed E-state index contributed by atoms with van der Waals surface area (Å²) in [6.45, 7) is -3.52. The number of carboxylic acid groups (broad SMARTS) is 1. The lowest BCUT2D eigenvalue weighted by atomic mass is 10.1. The Bertz CT molecular complexity index is 1010. The maximum atomic E-state index is 12.7. The number of halogens is 6. The number of aromatic amines is 1. The van der Waals surface area contributed by atoms with Gasteiger partial charge in [-0.05, 0) is 23.8 Å². The summed E-state index contributed by atoms with van der Waals surface area (Å²) in [6, 6.07) is 9.06. The van der Waals surface area contributed by atoms with Crippen LogP contribution >= 0.6 is 0 Å². The summed E-state index contributed by atoms with van der Waals surface area (Å²) >= 11 is 0.